The molecule has 0 fully saturated rings. The van der Waals surface area contributed by atoms with E-state index in [0.717, 1.165) is 5.56 Å². The monoisotopic (exact) mass is 368 g/mol. The lowest BCUT2D eigenvalue weighted by atomic mass is 9.87. The first-order valence-electron chi connectivity index (χ1n) is 8.82. The number of Topliss-reactive ketones (excluding diaryl/α,β-unsaturated/α-hetero) is 1. The minimum Gasteiger partial charge on any atom is -0.508 e. The second-order valence-corrected chi connectivity index (χ2v) is 6.80. The number of carbonyl (C=O) groups excluding carboxylic acids is 1. The molecule has 0 bridgehead atoms. The number of hydrogen-bond donors (Lipinski definition) is 1. The molecular formula is C22H24O5. The molecule has 0 spiro atoms. The Morgan fingerprint density at radius 2 is 2.00 bits per heavy atom. The third-order valence-electron chi connectivity index (χ3n) is 4.71. The predicted molar refractivity (Wildman–Crippen MR) is 103 cm³/mol. The van der Waals surface area contributed by atoms with E-state index in [1.54, 1.807) is 25.3 Å². The van der Waals surface area contributed by atoms with E-state index in [1.165, 1.54) is 18.7 Å². The molecule has 2 aromatic rings. The first-order chi connectivity index (χ1) is 12.9. The zero-order valence-electron chi connectivity index (χ0n) is 16.0. The topological polar surface area (TPSA) is 65.0 Å². The summed E-state index contributed by atoms with van der Waals surface area (Å²) in [6, 6.07) is 8.55. The van der Waals surface area contributed by atoms with E-state index in [-0.39, 0.29) is 18.1 Å². The van der Waals surface area contributed by atoms with E-state index < -0.39 is 5.92 Å². The molecule has 0 saturated heterocycles. The summed E-state index contributed by atoms with van der Waals surface area (Å²) in [5.74, 6) is 1.14. The maximum Gasteiger partial charge on any atom is 0.177 e. The lowest BCUT2D eigenvalue weighted by Crippen LogP contribution is -2.26. The second-order valence-electron chi connectivity index (χ2n) is 6.80. The van der Waals surface area contributed by atoms with Gasteiger partial charge in [0.05, 0.1) is 25.7 Å². The van der Waals surface area contributed by atoms with Gasteiger partial charge in [-0.2, -0.15) is 0 Å². The Kier molecular flexibility index (Phi) is 5.40. The molecule has 5 nitrogen and oxygen atoms in total. The Bertz CT molecular complexity index is 894. The molecule has 1 N–H and O–H groups in total. The number of ether oxygens (including phenoxy) is 3. The Morgan fingerprint density at radius 3 is 2.63 bits per heavy atom. The number of benzene rings is 2. The Morgan fingerprint density at radius 1 is 1.22 bits per heavy atom. The average Bonchev–Trinajstić information content (AvgIpc) is 2.66. The Labute approximate surface area is 159 Å². The molecule has 0 amide bonds. The van der Waals surface area contributed by atoms with Crippen LogP contribution in [-0.4, -0.2) is 31.7 Å². The van der Waals surface area contributed by atoms with Crippen LogP contribution >= 0.6 is 0 Å². The van der Waals surface area contributed by atoms with Crippen LogP contribution in [0.3, 0.4) is 0 Å². The lowest BCUT2D eigenvalue weighted by molar-refractivity contribution is 0.0893. The Balaban J connectivity index is 1.98. The average molecular weight is 368 g/mol. The summed E-state index contributed by atoms with van der Waals surface area (Å²) in [5.41, 5.74) is 3.17. The van der Waals surface area contributed by atoms with Crippen molar-refractivity contribution in [2.75, 3.05) is 20.8 Å². The van der Waals surface area contributed by atoms with Crippen LogP contribution in [0, 0.1) is 0 Å². The lowest BCUT2D eigenvalue weighted by Gasteiger charge is -2.26. The number of allylic oxidation sites excluding steroid dienone is 2. The van der Waals surface area contributed by atoms with E-state index in [0.29, 0.717) is 34.8 Å². The van der Waals surface area contributed by atoms with Crippen LogP contribution in [0.2, 0.25) is 0 Å². The molecule has 27 heavy (non-hydrogen) atoms. The van der Waals surface area contributed by atoms with Gasteiger partial charge in [0.1, 0.15) is 29.6 Å². The highest BCUT2D eigenvalue weighted by molar-refractivity contribution is 6.05. The van der Waals surface area contributed by atoms with Gasteiger partial charge in [0.15, 0.2) is 5.78 Å². The summed E-state index contributed by atoms with van der Waals surface area (Å²) in [6.45, 7) is 4.23. The van der Waals surface area contributed by atoms with E-state index in [2.05, 4.69) is 6.08 Å². The molecule has 0 unspecified atom stereocenters. The van der Waals surface area contributed by atoms with Crippen LogP contribution in [0.5, 0.6) is 23.0 Å². The van der Waals surface area contributed by atoms with Crippen LogP contribution in [0.25, 0.3) is 0 Å². The van der Waals surface area contributed by atoms with Crippen molar-refractivity contribution in [2.24, 2.45) is 0 Å². The van der Waals surface area contributed by atoms with Gasteiger partial charge in [0.2, 0.25) is 0 Å². The van der Waals surface area contributed by atoms with E-state index >= 15 is 0 Å². The molecule has 0 aromatic heterocycles. The van der Waals surface area contributed by atoms with Gasteiger partial charge in [0.25, 0.3) is 0 Å². The molecule has 1 aliphatic heterocycles. The van der Waals surface area contributed by atoms with Crippen molar-refractivity contribution in [3.63, 3.8) is 0 Å². The summed E-state index contributed by atoms with van der Waals surface area (Å²) in [6.07, 6.45) is 2.76. The fraction of sp³-hybridized carbons (Fsp3) is 0.318. The van der Waals surface area contributed by atoms with Crippen molar-refractivity contribution in [3.05, 3.63) is 58.7 Å². The summed E-state index contributed by atoms with van der Waals surface area (Å²) in [4.78, 5) is 13.1. The van der Waals surface area contributed by atoms with E-state index in [4.69, 9.17) is 14.2 Å². The number of carbonyl (C=O) groups is 1. The SMILES string of the molecule is COc1ccc([C@H]2COc3cc(OC)c(CC=C(C)C)cc3C2=O)c(O)c1. The van der Waals surface area contributed by atoms with Crippen molar-refractivity contribution in [1.82, 2.24) is 0 Å². The molecule has 2 aromatic carbocycles. The third kappa shape index (κ3) is 3.77. The first-order valence-corrected chi connectivity index (χ1v) is 8.82. The first kappa shape index (κ1) is 18.8. The summed E-state index contributed by atoms with van der Waals surface area (Å²) in [7, 11) is 3.14. The normalized spacial score (nSPS) is 15.6. The van der Waals surface area contributed by atoms with Crippen LogP contribution in [0.1, 0.15) is 41.3 Å². The maximum absolute atomic E-state index is 13.1. The van der Waals surface area contributed by atoms with Crippen LogP contribution in [0.15, 0.2) is 42.0 Å². The smallest absolute Gasteiger partial charge is 0.177 e. The minimum absolute atomic E-state index is 0.0260. The van der Waals surface area contributed by atoms with Crippen molar-refractivity contribution in [2.45, 2.75) is 26.2 Å². The quantitative estimate of drug-likeness (QED) is 0.798. The van der Waals surface area contributed by atoms with Gasteiger partial charge in [0, 0.05) is 17.7 Å². The number of aromatic hydroxyl groups is 1. The fourth-order valence-electron chi connectivity index (χ4n) is 3.19. The van der Waals surface area contributed by atoms with Crippen LogP contribution in [0.4, 0.5) is 0 Å². The number of fused-ring (bicyclic) bond motifs is 1. The molecule has 1 aliphatic rings. The molecule has 0 radical (unpaired) electrons. The van der Waals surface area contributed by atoms with Gasteiger partial charge in [-0.3, -0.25) is 4.79 Å². The highest BCUT2D eigenvalue weighted by Gasteiger charge is 2.33. The van der Waals surface area contributed by atoms with Crippen LogP contribution < -0.4 is 14.2 Å². The third-order valence-corrected chi connectivity index (χ3v) is 4.71. The highest BCUT2D eigenvalue weighted by atomic mass is 16.5. The summed E-state index contributed by atoms with van der Waals surface area (Å²) in [5, 5.41) is 10.3. The van der Waals surface area contributed by atoms with Gasteiger partial charge in [-0.05, 0) is 38.0 Å². The number of hydrogen-bond acceptors (Lipinski definition) is 5. The number of rotatable bonds is 5. The molecule has 0 saturated carbocycles. The van der Waals surface area contributed by atoms with Gasteiger partial charge in [-0.1, -0.05) is 17.7 Å². The van der Waals surface area contributed by atoms with Crippen molar-refractivity contribution < 1.29 is 24.1 Å². The summed E-state index contributed by atoms with van der Waals surface area (Å²) < 4.78 is 16.4. The molecule has 0 aliphatic carbocycles. The fourth-order valence-corrected chi connectivity index (χ4v) is 3.19. The number of phenols is 1. The molecule has 1 atom stereocenters. The van der Waals surface area contributed by atoms with Gasteiger partial charge in [-0.25, -0.2) is 0 Å². The van der Waals surface area contributed by atoms with E-state index in [9.17, 15) is 9.90 Å². The predicted octanol–water partition coefficient (Wildman–Crippen LogP) is 4.28. The summed E-state index contributed by atoms with van der Waals surface area (Å²) >= 11 is 0. The second kappa shape index (κ2) is 7.74. The highest BCUT2D eigenvalue weighted by Crippen LogP contribution is 2.40. The van der Waals surface area contributed by atoms with Crippen molar-refractivity contribution in [3.8, 4) is 23.0 Å². The largest absolute Gasteiger partial charge is 0.508 e. The van der Waals surface area contributed by atoms with E-state index in [1.807, 2.05) is 19.9 Å². The van der Waals surface area contributed by atoms with Crippen molar-refractivity contribution in [1.29, 1.82) is 0 Å². The van der Waals surface area contributed by atoms with Gasteiger partial charge < -0.3 is 19.3 Å². The number of methoxy groups -OCH3 is 2. The molecule has 5 heteroatoms. The molecule has 3 rings (SSSR count). The van der Waals surface area contributed by atoms with Gasteiger partial charge in [-0.15, -0.1) is 0 Å². The van der Waals surface area contributed by atoms with Crippen LogP contribution in [-0.2, 0) is 6.42 Å². The standard InChI is InChI=1S/C22H24O5/c1-13(2)5-6-14-9-17-21(11-20(14)26-4)27-12-18(22(17)24)16-8-7-15(25-3)10-19(16)23/h5,7-11,18,23H,6,12H2,1-4H3/t18-/m1/s1. The number of phenolic OH excluding ortho intramolecular Hbond substituents is 1. The molecule has 142 valence electrons. The van der Waals surface area contributed by atoms with Crippen molar-refractivity contribution >= 4 is 5.78 Å². The minimum atomic E-state index is -0.562. The zero-order chi connectivity index (χ0) is 19.6. The molecular weight excluding hydrogens is 344 g/mol. The Hall–Kier alpha value is -2.95. The number of ketones is 1. The van der Waals surface area contributed by atoms with Gasteiger partial charge >= 0.3 is 0 Å². The molecule has 1 heterocycles. The zero-order valence-corrected chi connectivity index (χ0v) is 16.0. The maximum atomic E-state index is 13.1.